The van der Waals surface area contributed by atoms with Gasteiger partial charge < -0.3 is 4.55 Å². The highest BCUT2D eigenvalue weighted by Gasteiger charge is 2.57. The summed E-state index contributed by atoms with van der Waals surface area (Å²) in [7, 11) is 0. The zero-order chi connectivity index (χ0) is 12.1. The van der Waals surface area contributed by atoms with E-state index in [1.54, 1.807) is 0 Å². The lowest BCUT2D eigenvalue weighted by Gasteiger charge is -2.20. The van der Waals surface area contributed by atoms with Crippen LogP contribution in [-0.2, 0) is 11.2 Å². The smallest absolute Gasteiger partial charge is 0.453 e. The first-order valence-corrected chi connectivity index (χ1v) is 5.99. The molecule has 0 saturated heterocycles. The summed E-state index contributed by atoms with van der Waals surface area (Å²) in [4.78, 5) is 0. The first kappa shape index (κ1) is 15.0. The Hall–Kier alpha value is -0.0400. The Bertz CT molecular complexity index is 182. The minimum atomic E-state index is -5.54. The molecule has 0 N–H and O–H groups in total. The highest BCUT2D eigenvalue weighted by molar-refractivity contribution is 7.91. The summed E-state index contributed by atoms with van der Waals surface area (Å²) in [5, 5.41) is 0. The molecule has 0 spiro atoms. The van der Waals surface area contributed by atoms with Crippen molar-refractivity contribution in [2.24, 2.45) is 0 Å². The van der Waals surface area contributed by atoms with Crippen molar-refractivity contribution in [3.05, 3.63) is 0 Å². The van der Waals surface area contributed by atoms with Crippen molar-refractivity contribution in [1.29, 1.82) is 0 Å². The highest BCUT2D eigenvalue weighted by atomic mass is 32.2. The fraction of sp³-hybridized carbons (Fsp3) is 1.00. The third-order valence-electron chi connectivity index (χ3n) is 1.78. The van der Waals surface area contributed by atoms with Crippen LogP contribution in [0.3, 0.4) is 0 Å². The molecule has 0 rings (SSSR count). The zero-order valence-corrected chi connectivity index (χ0v) is 9.06. The third kappa shape index (κ3) is 5.55. The molecule has 0 amide bonds. The lowest BCUT2D eigenvalue weighted by atomic mass is 10.2. The molecule has 0 aromatic rings. The van der Waals surface area contributed by atoms with Crippen LogP contribution < -0.4 is 0 Å². The second-order valence-electron chi connectivity index (χ2n) is 3.15. The van der Waals surface area contributed by atoms with Crippen molar-refractivity contribution in [1.82, 2.24) is 0 Å². The van der Waals surface area contributed by atoms with E-state index in [2.05, 4.69) is 0 Å². The molecule has 1 atom stereocenters. The Balaban J connectivity index is 3.93. The van der Waals surface area contributed by atoms with Gasteiger partial charge in [0.25, 0.3) is 0 Å². The minimum Gasteiger partial charge on any atom is -0.616 e. The van der Waals surface area contributed by atoms with E-state index in [1.807, 2.05) is 6.92 Å². The van der Waals surface area contributed by atoms with E-state index >= 15 is 0 Å². The maximum Gasteiger partial charge on any atom is 0.453 e. The van der Waals surface area contributed by atoms with Crippen LogP contribution in [0.15, 0.2) is 0 Å². The number of unbranched alkanes of at least 4 members (excludes halogenated alkanes) is 1. The molecule has 0 radical (unpaired) electrons. The number of alkyl halides is 5. The summed E-state index contributed by atoms with van der Waals surface area (Å²) in [5.41, 5.74) is 0. The first-order chi connectivity index (χ1) is 6.70. The molecule has 7 heteroatoms. The molecule has 0 aliphatic rings. The van der Waals surface area contributed by atoms with Crippen LogP contribution in [0.2, 0.25) is 0 Å². The van der Waals surface area contributed by atoms with Gasteiger partial charge in [-0.1, -0.05) is 24.5 Å². The summed E-state index contributed by atoms with van der Waals surface area (Å²) < 4.78 is 70.8. The lowest BCUT2D eigenvalue weighted by Crippen LogP contribution is -2.38. The van der Waals surface area contributed by atoms with E-state index in [4.69, 9.17) is 0 Å². The van der Waals surface area contributed by atoms with E-state index in [0.29, 0.717) is 6.42 Å². The fourth-order valence-electron chi connectivity index (χ4n) is 0.791. The standard InChI is InChI=1S/C8H13F5OS/c1-2-3-5-15(14)6-4-7(9,10)8(11,12)13/h2-6H2,1H3. The van der Waals surface area contributed by atoms with Crippen molar-refractivity contribution in [3.63, 3.8) is 0 Å². The molecule has 15 heavy (non-hydrogen) atoms. The molecule has 0 saturated carbocycles. The summed E-state index contributed by atoms with van der Waals surface area (Å²) in [6, 6.07) is 0. The molecule has 0 bridgehead atoms. The molecule has 0 aromatic carbocycles. The average Bonchev–Trinajstić information content (AvgIpc) is 2.09. The van der Waals surface area contributed by atoms with Crippen molar-refractivity contribution in [2.45, 2.75) is 38.3 Å². The van der Waals surface area contributed by atoms with E-state index < -0.39 is 35.4 Å². The zero-order valence-electron chi connectivity index (χ0n) is 8.24. The second-order valence-corrected chi connectivity index (χ2v) is 4.85. The van der Waals surface area contributed by atoms with Gasteiger partial charge in [-0.15, -0.1) is 0 Å². The molecule has 0 aromatic heterocycles. The van der Waals surface area contributed by atoms with E-state index in [0.717, 1.165) is 6.42 Å². The second kappa shape index (κ2) is 5.89. The Morgan fingerprint density at radius 3 is 2.00 bits per heavy atom. The van der Waals surface area contributed by atoms with E-state index in [1.165, 1.54) is 0 Å². The summed E-state index contributed by atoms with van der Waals surface area (Å²) in [5.74, 6) is -5.15. The van der Waals surface area contributed by atoms with Gasteiger partial charge in [-0.2, -0.15) is 22.0 Å². The van der Waals surface area contributed by atoms with Gasteiger partial charge in [0, 0.05) is 0 Å². The largest absolute Gasteiger partial charge is 0.616 e. The van der Waals surface area contributed by atoms with E-state index in [-0.39, 0.29) is 5.75 Å². The molecular weight excluding hydrogens is 239 g/mol. The lowest BCUT2D eigenvalue weighted by molar-refractivity contribution is -0.282. The van der Waals surface area contributed by atoms with Gasteiger partial charge in [0.2, 0.25) is 0 Å². The van der Waals surface area contributed by atoms with Crippen LogP contribution in [0.1, 0.15) is 26.2 Å². The van der Waals surface area contributed by atoms with Gasteiger partial charge in [0.05, 0.1) is 6.42 Å². The SMILES string of the molecule is CCCC[S+]([O-])CCC(F)(F)C(F)(F)F. The summed E-state index contributed by atoms with van der Waals surface area (Å²) in [6.45, 7) is 1.82. The minimum absolute atomic E-state index is 0.185. The first-order valence-electron chi connectivity index (χ1n) is 4.50. The van der Waals surface area contributed by atoms with Crippen LogP contribution in [0, 0.1) is 0 Å². The third-order valence-corrected chi connectivity index (χ3v) is 3.19. The monoisotopic (exact) mass is 252 g/mol. The Morgan fingerprint density at radius 2 is 1.60 bits per heavy atom. The number of hydrogen-bond donors (Lipinski definition) is 0. The van der Waals surface area contributed by atoms with Crippen LogP contribution in [0.5, 0.6) is 0 Å². The van der Waals surface area contributed by atoms with Gasteiger partial charge >= 0.3 is 12.1 Å². The molecule has 92 valence electrons. The van der Waals surface area contributed by atoms with Crippen molar-refractivity contribution in [2.75, 3.05) is 11.5 Å². The van der Waals surface area contributed by atoms with Gasteiger partial charge in [0.1, 0.15) is 11.5 Å². The van der Waals surface area contributed by atoms with Gasteiger partial charge in [-0.25, -0.2) is 0 Å². The molecule has 0 fully saturated rings. The fourth-order valence-corrected chi connectivity index (χ4v) is 2.09. The maximum absolute atomic E-state index is 12.4. The van der Waals surface area contributed by atoms with Crippen molar-refractivity contribution < 1.29 is 26.5 Å². The van der Waals surface area contributed by atoms with Crippen LogP contribution in [0.4, 0.5) is 22.0 Å². The number of hydrogen-bond acceptors (Lipinski definition) is 1. The van der Waals surface area contributed by atoms with E-state index in [9.17, 15) is 26.5 Å². The average molecular weight is 252 g/mol. The van der Waals surface area contributed by atoms with Gasteiger partial charge in [-0.05, 0) is 6.42 Å². The van der Waals surface area contributed by atoms with Crippen LogP contribution >= 0.6 is 0 Å². The van der Waals surface area contributed by atoms with Crippen LogP contribution in [-0.4, -0.2) is 28.2 Å². The molecule has 0 aliphatic carbocycles. The molecular formula is C8H13F5OS. The predicted molar refractivity (Wildman–Crippen MR) is 48.4 cm³/mol. The predicted octanol–water partition coefficient (Wildman–Crippen LogP) is 3.12. The number of halogens is 5. The highest BCUT2D eigenvalue weighted by Crippen LogP contribution is 2.38. The van der Waals surface area contributed by atoms with Gasteiger partial charge in [0.15, 0.2) is 0 Å². The van der Waals surface area contributed by atoms with Crippen molar-refractivity contribution >= 4 is 11.2 Å². The maximum atomic E-state index is 12.4. The van der Waals surface area contributed by atoms with Crippen molar-refractivity contribution in [3.8, 4) is 0 Å². The number of rotatable bonds is 6. The topological polar surface area (TPSA) is 23.1 Å². The van der Waals surface area contributed by atoms with Crippen LogP contribution in [0.25, 0.3) is 0 Å². The Labute approximate surface area is 88.2 Å². The Morgan fingerprint density at radius 1 is 1.07 bits per heavy atom. The van der Waals surface area contributed by atoms with Gasteiger partial charge in [-0.3, -0.25) is 0 Å². The molecule has 0 heterocycles. The Kier molecular flexibility index (Phi) is 5.87. The quantitative estimate of drug-likeness (QED) is 0.526. The normalized spacial score (nSPS) is 15.4. The summed E-state index contributed by atoms with van der Waals surface area (Å²) >= 11 is -1.58. The summed E-state index contributed by atoms with van der Waals surface area (Å²) in [6.07, 6.45) is -5.62. The molecule has 1 unspecified atom stereocenters. The molecule has 0 aliphatic heterocycles. The molecule has 1 nitrogen and oxygen atoms in total.